The van der Waals surface area contributed by atoms with E-state index in [1.165, 1.54) is 53.8 Å². The molecule has 0 radical (unpaired) electrons. The number of thiophene rings is 1. The highest BCUT2D eigenvalue weighted by atomic mass is 35.5. The maximum Gasteiger partial charge on any atom is 0.230 e. The predicted octanol–water partition coefficient (Wildman–Crippen LogP) is 5.90. The van der Waals surface area contributed by atoms with E-state index in [-0.39, 0.29) is 24.2 Å². The maximum absolute atomic E-state index is 12.2. The van der Waals surface area contributed by atoms with Crippen LogP contribution in [0.4, 0.5) is 5.69 Å². The first kappa shape index (κ1) is 24.8. The number of fused-ring (bicyclic) bond motifs is 4. The molecular weight excluding hydrogens is 539 g/mol. The van der Waals surface area contributed by atoms with Crippen LogP contribution in [0.5, 0.6) is 0 Å². The molecule has 5 aliphatic rings. The lowest BCUT2D eigenvalue weighted by Crippen LogP contribution is -2.46. The van der Waals surface area contributed by atoms with Gasteiger partial charge in [-0.1, -0.05) is 11.6 Å². The number of benzene rings is 1. The zero-order valence-electron chi connectivity index (χ0n) is 21.0. The summed E-state index contributed by atoms with van der Waals surface area (Å²) in [6, 6.07) is 9.00. The number of pyridine rings is 1. The number of hydrogen-bond donors (Lipinski definition) is 1. The Morgan fingerprint density at radius 3 is 2.68 bits per heavy atom. The number of nitrogens with zero attached hydrogens (tertiary/aromatic N) is 3. The Labute approximate surface area is 237 Å². The lowest BCUT2D eigenvalue weighted by molar-refractivity contribution is -0.138. The number of amides is 2. The Balaban J connectivity index is 0.00000242. The Bertz CT molecular complexity index is 1470. The van der Waals surface area contributed by atoms with Crippen LogP contribution in [0.3, 0.4) is 0 Å². The van der Waals surface area contributed by atoms with Gasteiger partial charge in [0.15, 0.2) is 0 Å². The van der Waals surface area contributed by atoms with Crippen LogP contribution in [0.15, 0.2) is 30.5 Å². The minimum Gasteiger partial charge on any atom is -0.366 e. The van der Waals surface area contributed by atoms with E-state index in [0.29, 0.717) is 36.9 Å². The standard InChI is InChI=1S/C29H29ClN4O2S.ClH/c30-17-9-22(20-4-7-31-24-11-19(37-28(20)24)15-34-25(35)2-3-26(34)36)27-23(10-17)21-8-16(21)14-33(27)18-12-29(32-13-18)5-1-6-29;/h4,7,9-11,16,18,21,32H,1-3,5-6,8,12-15H2;1H/t16-,18?,21-;/m0./s1. The number of imide groups is 1. The highest BCUT2D eigenvalue weighted by molar-refractivity contribution is 7.19. The molecule has 0 bridgehead atoms. The first-order valence-electron chi connectivity index (χ1n) is 13.5. The van der Waals surface area contributed by atoms with Gasteiger partial charge in [0.1, 0.15) is 0 Å². The summed E-state index contributed by atoms with van der Waals surface area (Å²) in [4.78, 5) is 34.2. The molecule has 38 heavy (non-hydrogen) atoms. The molecule has 9 heteroatoms. The predicted molar refractivity (Wildman–Crippen MR) is 153 cm³/mol. The van der Waals surface area contributed by atoms with Gasteiger partial charge in [-0.25, -0.2) is 0 Å². The molecule has 1 spiro atoms. The summed E-state index contributed by atoms with van der Waals surface area (Å²) >= 11 is 8.42. The normalized spacial score (nSPS) is 26.9. The molecule has 1 aromatic carbocycles. The van der Waals surface area contributed by atoms with Crippen LogP contribution in [-0.4, -0.2) is 46.4 Å². The van der Waals surface area contributed by atoms with Crippen LogP contribution in [0, 0.1) is 5.92 Å². The summed E-state index contributed by atoms with van der Waals surface area (Å²) in [5, 5.41) is 4.67. The molecule has 2 aliphatic carbocycles. The van der Waals surface area contributed by atoms with Gasteiger partial charge in [0, 0.05) is 70.4 Å². The van der Waals surface area contributed by atoms with Crippen molar-refractivity contribution in [1.82, 2.24) is 15.2 Å². The van der Waals surface area contributed by atoms with Crippen molar-refractivity contribution in [2.75, 3.05) is 18.0 Å². The van der Waals surface area contributed by atoms with E-state index in [2.05, 4.69) is 33.4 Å². The van der Waals surface area contributed by atoms with E-state index in [1.807, 2.05) is 12.3 Å². The molecule has 2 saturated heterocycles. The number of aromatic nitrogens is 1. The van der Waals surface area contributed by atoms with Crippen LogP contribution in [-0.2, 0) is 16.1 Å². The van der Waals surface area contributed by atoms with Gasteiger partial charge >= 0.3 is 0 Å². The van der Waals surface area contributed by atoms with Gasteiger partial charge in [-0.3, -0.25) is 19.5 Å². The van der Waals surface area contributed by atoms with Crippen LogP contribution in [0.25, 0.3) is 21.3 Å². The molecule has 198 valence electrons. The van der Waals surface area contributed by atoms with Gasteiger partial charge in [0.2, 0.25) is 11.8 Å². The minimum atomic E-state index is -0.0800. The number of hydrogen-bond acceptors (Lipinski definition) is 6. The molecule has 3 aliphatic heterocycles. The van der Waals surface area contributed by atoms with Crippen molar-refractivity contribution in [1.29, 1.82) is 0 Å². The number of rotatable bonds is 4. The summed E-state index contributed by atoms with van der Waals surface area (Å²) in [5.74, 6) is 1.18. The molecule has 3 atom stereocenters. The van der Waals surface area contributed by atoms with Crippen molar-refractivity contribution >= 4 is 63.1 Å². The Morgan fingerprint density at radius 2 is 1.95 bits per heavy atom. The lowest BCUT2D eigenvalue weighted by atomic mass is 9.75. The smallest absolute Gasteiger partial charge is 0.230 e. The SMILES string of the molecule is Cl.O=C1CCC(=O)N1Cc1cc2nccc(-c3cc(Cl)cc4c3N(C3CNC5(CCC5)C3)C[C@@H]3C[C@H]43)c2s1. The summed E-state index contributed by atoms with van der Waals surface area (Å²) < 4.78 is 1.10. The first-order valence-corrected chi connectivity index (χ1v) is 14.7. The van der Waals surface area contributed by atoms with E-state index in [4.69, 9.17) is 11.6 Å². The van der Waals surface area contributed by atoms with Gasteiger partial charge in [0.25, 0.3) is 0 Å². The molecule has 8 rings (SSSR count). The third-order valence-corrected chi connectivity index (χ3v) is 10.8. The molecule has 5 heterocycles. The Morgan fingerprint density at radius 1 is 1.13 bits per heavy atom. The summed E-state index contributed by atoms with van der Waals surface area (Å²) in [6.07, 6.45) is 8.92. The third kappa shape index (κ3) is 3.80. The summed E-state index contributed by atoms with van der Waals surface area (Å²) in [7, 11) is 0. The van der Waals surface area contributed by atoms with Gasteiger partial charge in [-0.15, -0.1) is 23.7 Å². The van der Waals surface area contributed by atoms with Crippen molar-refractivity contribution < 1.29 is 9.59 Å². The highest BCUT2D eigenvalue weighted by Crippen LogP contribution is 2.59. The fourth-order valence-corrected chi connectivity index (χ4v) is 8.66. The van der Waals surface area contributed by atoms with E-state index >= 15 is 0 Å². The minimum absolute atomic E-state index is 0. The lowest BCUT2D eigenvalue weighted by Gasteiger charge is -2.41. The van der Waals surface area contributed by atoms with Crippen molar-refractivity contribution in [2.45, 2.75) is 69.0 Å². The second kappa shape index (κ2) is 8.91. The number of anilines is 1. The fraction of sp³-hybridized carbons (Fsp3) is 0.483. The molecule has 1 N–H and O–H groups in total. The van der Waals surface area contributed by atoms with Crippen LogP contribution in [0.1, 0.15) is 61.3 Å². The summed E-state index contributed by atoms with van der Waals surface area (Å²) in [5.41, 5.74) is 6.37. The number of likely N-dealkylation sites (tertiary alicyclic amines) is 1. The van der Waals surface area contributed by atoms with Crippen molar-refractivity contribution in [3.8, 4) is 11.1 Å². The Hall–Kier alpha value is -2.19. The topological polar surface area (TPSA) is 65.5 Å². The van der Waals surface area contributed by atoms with Gasteiger partial charge in [-0.05, 0) is 73.8 Å². The summed E-state index contributed by atoms with van der Waals surface area (Å²) in [6.45, 7) is 2.50. The van der Waals surface area contributed by atoms with Gasteiger partial charge in [0.05, 0.1) is 16.8 Å². The molecule has 6 nitrogen and oxygen atoms in total. The van der Waals surface area contributed by atoms with Crippen LogP contribution in [0.2, 0.25) is 5.02 Å². The van der Waals surface area contributed by atoms with Crippen LogP contribution < -0.4 is 10.2 Å². The van der Waals surface area contributed by atoms with E-state index in [9.17, 15) is 9.59 Å². The number of carbonyl (C=O) groups excluding carboxylic acids is 2. The van der Waals surface area contributed by atoms with Gasteiger partial charge in [-0.2, -0.15) is 0 Å². The molecule has 4 fully saturated rings. The molecule has 1 unspecified atom stereocenters. The zero-order chi connectivity index (χ0) is 24.9. The largest absolute Gasteiger partial charge is 0.366 e. The van der Waals surface area contributed by atoms with E-state index in [1.54, 1.807) is 11.3 Å². The van der Waals surface area contributed by atoms with Gasteiger partial charge < -0.3 is 10.2 Å². The average molecular weight is 570 g/mol. The highest BCUT2D eigenvalue weighted by Gasteiger charge is 2.51. The average Bonchev–Trinajstić information content (AvgIpc) is 3.18. The van der Waals surface area contributed by atoms with Crippen molar-refractivity contribution in [3.05, 3.63) is 45.9 Å². The molecular formula is C29H30Cl2N4O2S. The number of halogens is 2. The van der Waals surface area contributed by atoms with Crippen LogP contribution >= 0.6 is 35.3 Å². The third-order valence-electron chi connectivity index (χ3n) is 9.46. The number of carbonyl (C=O) groups is 2. The zero-order valence-corrected chi connectivity index (χ0v) is 23.4. The number of nitrogens with one attached hydrogen (secondary N) is 1. The van der Waals surface area contributed by atoms with Crippen molar-refractivity contribution in [2.24, 2.45) is 5.92 Å². The molecule has 2 aromatic heterocycles. The molecule has 3 aromatic rings. The second-order valence-corrected chi connectivity index (χ2v) is 13.3. The maximum atomic E-state index is 12.2. The first-order chi connectivity index (χ1) is 18.0. The quantitative estimate of drug-likeness (QED) is 0.397. The van der Waals surface area contributed by atoms with Crippen molar-refractivity contribution in [3.63, 3.8) is 0 Å². The molecule has 2 amide bonds. The van der Waals surface area contributed by atoms with E-state index in [0.717, 1.165) is 44.7 Å². The second-order valence-electron chi connectivity index (χ2n) is 11.7. The fourth-order valence-electron chi connectivity index (χ4n) is 7.30. The monoisotopic (exact) mass is 568 g/mol. The Kier molecular flexibility index (Phi) is 5.82. The molecule has 2 saturated carbocycles. The van der Waals surface area contributed by atoms with E-state index < -0.39 is 0 Å².